The first-order valence-corrected chi connectivity index (χ1v) is 4.53. The van der Waals surface area contributed by atoms with Crippen LogP contribution in [0.25, 0.3) is 0 Å². The average Bonchev–Trinajstić information content (AvgIpc) is 2.21. The molecule has 0 aliphatic rings. The van der Waals surface area contributed by atoms with Crippen molar-refractivity contribution < 1.29 is 0 Å². The molecule has 0 saturated carbocycles. The number of para-hydroxylation sites is 1. The molecule has 0 fully saturated rings. The van der Waals surface area contributed by atoms with Gasteiger partial charge in [-0.15, -0.1) is 12.3 Å². The second kappa shape index (κ2) is 5.28. The second-order valence-corrected chi connectivity index (χ2v) is 3.09. The third-order valence-corrected chi connectivity index (χ3v) is 2.15. The van der Waals surface area contributed by atoms with Crippen LogP contribution in [0.15, 0.2) is 24.3 Å². The molecule has 1 unspecified atom stereocenters. The van der Waals surface area contributed by atoms with Crippen molar-refractivity contribution in [3.8, 4) is 12.3 Å². The van der Waals surface area contributed by atoms with Gasteiger partial charge in [-0.25, -0.2) is 0 Å². The third kappa shape index (κ3) is 2.49. The minimum absolute atomic E-state index is 0.0345. The van der Waals surface area contributed by atoms with Gasteiger partial charge in [0, 0.05) is 18.2 Å². The van der Waals surface area contributed by atoms with Gasteiger partial charge < -0.3 is 5.73 Å². The average molecular weight is 189 g/mol. The molecule has 74 valence electrons. The number of terminal acetylenes is 1. The van der Waals surface area contributed by atoms with Gasteiger partial charge in [0.25, 0.3) is 0 Å². The van der Waals surface area contributed by atoms with Gasteiger partial charge in [0.15, 0.2) is 0 Å². The number of benzene rings is 1. The molecular formula is C11H15N3. The minimum atomic E-state index is 0.0345. The van der Waals surface area contributed by atoms with Gasteiger partial charge in [0.05, 0.1) is 0 Å². The summed E-state index contributed by atoms with van der Waals surface area (Å²) in [5, 5.41) is 0. The molecule has 3 nitrogen and oxygen atoms in total. The smallest absolute Gasteiger partial charge is 0.0489 e. The largest absolute Gasteiger partial charge is 0.398 e. The number of nitrogens with one attached hydrogen (secondary N) is 1. The van der Waals surface area contributed by atoms with E-state index in [-0.39, 0.29) is 6.04 Å². The van der Waals surface area contributed by atoms with Crippen molar-refractivity contribution in [2.24, 2.45) is 5.84 Å². The predicted octanol–water partition coefficient (Wildman–Crippen LogP) is 1.19. The summed E-state index contributed by atoms with van der Waals surface area (Å²) in [6.45, 7) is 0. The van der Waals surface area contributed by atoms with E-state index in [2.05, 4.69) is 11.3 Å². The van der Waals surface area contributed by atoms with Crippen molar-refractivity contribution >= 4 is 5.69 Å². The topological polar surface area (TPSA) is 64.1 Å². The van der Waals surface area contributed by atoms with E-state index in [1.165, 1.54) is 0 Å². The van der Waals surface area contributed by atoms with Crippen molar-refractivity contribution in [2.45, 2.75) is 18.9 Å². The number of anilines is 1. The fraction of sp³-hybridized carbons (Fsp3) is 0.273. The Bertz CT molecular complexity index is 328. The van der Waals surface area contributed by atoms with Crippen LogP contribution in [-0.2, 0) is 0 Å². The number of hydrogen-bond donors (Lipinski definition) is 3. The molecule has 0 aliphatic carbocycles. The molecule has 0 aliphatic heterocycles. The van der Waals surface area contributed by atoms with E-state index >= 15 is 0 Å². The van der Waals surface area contributed by atoms with E-state index in [0.29, 0.717) is 6.42 Å². The number of nitrogens with two attached hydrogens (primary N) is 2. The number of hydrogen-bond acceptors (Lipinski definition) is 3. The van der Waals surface area contributed by atoms with E-state index in [9.17, 15) is 0 Å². The van der Waals surface area contributed by atoms with Crippen molar-refractivity contribution in [3.05, 3.63) is 29.8 Å². The fourth-order valence-electron chi connectivity index (χ4n) is 1.38. The fourth-order valence-corrected chi connectivity index (χ4v) is 1.38. The van der Waals surface area contributed by atoms with Gasteiger partial charge in [0.2, 0.25) is 0 Å². The molecule has 0 heterocycles. The zero-order valence-corrected chi connectivity index (χ0v) is 8.03. The van der Waals surface area contributed by atoms with Crippen LogP contribution in [0.5, 0.6) is 0 Å². The zero-order valence-electron chi connectivity index (χ0n) is 8.03. The highest BCUT2D eigenvalue weighted by atomic mass is 15.2. The highest BCUT2D eigenvalue weighted by Crippen LogP contribution is 2.22. The first kappa shape index (κ1) is 10.6. The van der Waals surface area contributed by atoms with Crippen LogP contribution in [0.2, 0.25) is 0 Å². The van der Waals surface area contributed by atoms with Crippen LogP contribution in [0.1, 0.15) is 24.4 Å². The molecule has 1 aromatic carbocycles. The summed E-state index contributed by atoms with van der Waals surface area (Å²) in [5.41, 5.74) is 10.3. The lowest BCUT2D eigenvalue weighted by molar-refractivity contribution is 0.525. The van der Waals surface area contributed by atoms with Gasteiger partial charge in [-0.2, -0.15) is 0 Å². The van der Waals surface area contributed by atoms with Gasteiger partial charge in [-0.05, 0) is 18.1 Å². The van der Waals surface area contributed by atoms with Crippen molar-refractivity contribution in [1.29, 1.82) is 0 Å². The Labute approximate surface area is 84.5 Å². The van der Waals surface area contributed by atoms with E-state index in [0.717, 1.165) is 17.7 Å². The molecule has 0 bridgehead atoms. The molecule has 1 rings (SSSR count). The monoisotopic (exact) mass is 189 g/mol. The highest BCUT2D eigenvalue weighted by molar-refractivity contribution is 5.48. The standard InChI is InChI=1S/C11H15N3/c1-2-3-8-11(14-13)9-6-4-5-7-10(9)12/h1,4-7,11,14H,3,8,12-13H2. The minimum Gasteiger partial charge on any atom is -0.398 e. The Morgan fingerprint density at radius 1 is 1.43 bits per heavy atom. The maximum atomic E-state index is 5.82. The summed E-state index contributed by atoms with van der Waals surface area (Å²) >= 11 is 0. The molecule has 1 atom stereocenters. The zero-order chi connectivity index (χ0) is 10.4. The molecule has 0 aromatic heterocycles. The Morgan fingerprint density at radius 2 is 2.14 bits per heavy atom. The van der Waals surface area contributed by atoms with E-state index in [1.807, 2.05) is 24.3 Å². The van der Waals surface area contributed by atoms with Crippen LogP contribution in [0, 0.1) is 12.3 Å². The van der Waals surface area contributed by atoms with Gasteiger partial charge in [-0.1, -0.05) is 18.2 Å². The normalized spacial score (nSPS) is 12.0. The van der Waals surface area contributed by atoms with Gasteiger partial charge in [-0.3, -0.25) is 11.3 Å². The lowest BCUT2D eigenvalue weighted by atomic mass is 10.0. The SMILES string of the molecule is C#CCCC(NN)c1ccccc1N. The first-order valence-electron chi connectivity index (χ1n) is 4.53. The maximum Gasteiger partial charge on any atom is 0.0489 e. The van der Waals surface area contributed by atoms with Crippen molar-refractivity contribution in [1.82, 2.24) is 5.43 Å². The summed E-state index contributed by atoms with van der Waals surface area (Å²) < 4.78 is 0. The Balaban J connectivity index is 2.79. The molecule has 14 heavy (non-hydrogen) atoms. The van der Waals surface area contributed by atoms with E-state index < -0.39 is 0 Å². The van der Waals surface area contributed by atoms with Crippen LogP contribution in [0.3, 0.4) is 0 Å². The molecular weight excluding hydrogens is 174 g/mol. The summed E-state index contributed by atoms with van der Waals surface area (Å²) in [4.78, 5) is 0. The highest BCUT2D eigenvalue weighted by Gasteiger charge is 2.10. The van der Waals surface area contributed by atoms with E-state index in [4.69, 9.17) is 18.0 Å². The number of rotatable bonds is 4. The van der Waals surface area contributed by atoms with E-state index in [1.54, 1.807) is 0 Å². The maximum absolute atomic E-state index is 5.82. The molecule has 1 aromatic rings. The lowest BCUT2D eigenvalue weighted by Gasteiger charge is -2.16. The summed E-state index contributed by atoms with van der Waals surface area (Å²) in [5.74, 6) is 8.03. The number of hydrazine groups is 1. The van der Waals surface area contributed by atoms with Gasteiger partial charge in [0.1, 0.15) is 0 Å². The summed E-state index contributed by atoms with van der Waals surface area (Å²) in [6, 6.07) is 7.68. The summed E-state index contributed by atoms with van der Waals surface area (Å²) in [6.07, 6.45) is 6.67. The molecule has 5 N–H and O–H groups in total. The second-order valence-electron chi connectivity index (χ2n) is 3.09. The quantitative estimate of drug-likeness (QED) is 0.288. The molecule has 0 saturated heterocycles. The molecule has 0 spiro atoms. The van der Waals surface area contributed by atoms with Crippen molar-refractivity contribution in [2.75, 3.05) is 5.73 Å². The molecule has 3 heteroatoms. The Hall–Kier alpha value is -1.50. The van der Waals surface area contributed by atoms with Crippen molar-refractivity contribution in [3.63, 3.8) is 0 Å². The summed E-state index contributed by atoms with van der Waals surface area (Å²) in [7, 11) is 0. The van der Waals surface area contributed by atoms with Crippen LogP contribution < -0.4 is 17.0 Å². The lowest BCUT2D eigenvalue weighted by Crippen LogP contribution is -2.28. The third-order valence-electron chi connectivity index (χ3n) is 2.15. The van der Waals surface area contributed by atoms with Crippen LogP contribution in [0.4, 0.5) is 5.69 Å². The molecule has 0 radical (unpaired) electrons. The predicted molar refractivity (Wildman–Crippen MR) is 59.0 cm³/mol. The first-order chi connectivity index (χ1) is 6.79. The Morgan fingerprint density at radius 3 is 2.71 bits per heavy atom. The Kier molecular flexibility index (Phi) is 3.99. The number of nitrogen functional groups attached to an aromatic ring is 1. The molecule has 0 amide bonds. The van der Waals surface area contributed by atoms with Gasteiger partial charge >= 0.3 is 0 Å². The van der Waals surface area contributed by atoms with Crippen LogP contribution in [-0.4, -0.2) is 0 Å². The van der Waals surface area contributed by atoms with Crippen LogP contribution >= 0.6 is 0 Å².